The summed E-state index contributed by atoms with van der Waals surface area (Å²) in [5, 5.41) is 9.36. The molecule has 0 saturated carbocycles. The van der Waals surface area contributed by atoms with Gasteiger partial charge in [-0.1, -0.05) is 6.07 Å². The van der Waals surface area contributed by atoms with Crippen molar-refractivity contribution in [3.05, 3.63) is 64.1 Å². The van der Waals surface area contributed by atoms with Crippen LogP contribution in [0, 0.1) is 0 Å². The average Bonchev–Trinajstić information content (AvgIpc) is 3.57. The highest BCUT2D eigenvalue weighted by Gasteiger charge is 2.19. The lowest BCUT2D eigenvalue weighted by atomic mass is 10.1. The molecule has 0 bridgehead atoms. The number of aromatic nitrogens is 1. The van der Waals surface area contributed by atoms with Crippen LogP contribution in [-0.4, -0.2) is 72.7 Å². The molecule has 1 aromatic carbocycles. The average molecular weight is 537 g/mol. The highest BCUT2D eigenvalue weighted by atomic mass is 32.1. The van der Waals surface area contributed by atoms with Gasteiger partial charge < -0.3 is 30.7 Å². The lowest BCUT2D eigenvalue weighted by Gasteiger charge is -2.28. The van der Waals surface area contributed by atoms with E-state index in [2.05, 4.69) is 20.5 Å². The first-order chi connectivity index (χ1) is 18.5. The van der Waals surface area contributed by atoms with Crippen LogP contribution in [0.25, 0.3) is 0 Å². The van der Waals surface area contributed by atoms with E-state index in [1.165, 1.54) is 11.3 Å². The highest BCUT2D eigenvalue weighted by molar-refractivity contribution is 7.09. The summed E-state index contributed by atoms with van der Waals surface area (Å²) < 4.78 is 11.0. The Morgan fingerprint density at radius 2 is 1.97 bits per heavy atom. The van der Waals surface area contributed by atoms with Gasteiger partial charge in [0.1, 0.15) is 11.4 Å². The van der Waals surface area contributed by atoms with Crippen molar-refractivity contribution in [1.29, 1.82) is 0 Å². The highest BCUT2D eigenvalue weighted by Crippen LogP contribution is 2.28. The molecule has 3 amide bonds. The van der Waals surface area contributed by atoms with Crippen LogP contribution >= 0.6 is 11.3 Å². The normalized spacial score (nSPS) is 14.9. The fourth-order valence-electron chi connectivity index (χ4n) is 4.50. The number of hydrogen-bond donors (Lipinski definition) is 3. The number of hydrogen-bond acceptors (Lipinski definition) is 8. The summed E-state index contributed by atoms with van der Waals surface area (Å²) in [5.74, 6) is 0.546. The molecule has 3 aromatic rings. The van der Waals surface area contributed by atoms with E-state index in [4.69, 9.17) is 15.2 Å². The Labute approximate surface area is 225 Å². The minimum absolute atomic E-state index is 0.180. The number of thiophene rings is 1. The Balaban J connectivity index is 1.23. The van der Waals surface area contributed by atoms with Crippen molar-refractivity contribution >= 4 is 40.3 Å². The van der Waals surface area contributed by atoms with Crippen LogP contribution in [0.1, 0.15) is 28.0 Å². The molecule has 38 heavy (non-hydrogen) atoms. The van der Waals surface area contributed by atoms with Gasteiger partial charge in [-0.25, -0.2) is 4.79 Å². The SMILES string of the molecule is Nc1cscc1NC(=O)c1ccc(CN(CCCN2CCOCC2)C(=O)Nc2ccc3c(c2)CCO3)cn1. The second-order valence-corrected chi connectivity index (χ2v) is 10.1. The molecule has 1 saturated heterocycles. The number of urea groups is 1. The molecule has 4 heterocycles. The molecule has 2 aliphatic heterocycles. The Bertz CT molecular complexity index is 1260. The molecule has 0 atom stereocenters. The Kier molecular flexibility index (Phi) is 8.37. The van der Waals surface area contributed by atoms with Gasteiger partial charge in [0, 0.05) is 61.8 Å². The summed E-state index contributed by atoms with van der Waals surface area (Å²) in [5.41, 5.74) is 9.92. The zero-order chi connectivity index (χ0) is 26.3. The number of carbonyl (C=O) groups excluding carboxylic acids is 2. The third kappa shape index (κ3) is 6.60. The number of pyridine rings is 1. The maximum atomic E-state index is 13.3. The van der Waals surface area contributed by atoms with E-state index in [9.17, 15) is 9.59 Å². The van der Waals surface area contributed by atoms with Gasteiger partial charge in [-0.15, -0.1) is 11.3 Å². The zero-order valence-corrected chi connectivity index (χ0v) is 22.0. The van der Waals surface area contributed by atoms with Gasteiger partial charge in [-0.3, -0.25) is 14.7 Å². The van der Waals surface area contributed by atoms with Crippen molar-refractivity contribution < 1.29 is 19.1 Å². The number of nitrogens with zero attached hydrogens (tertiary/aromatic N) is 3. The largest absolute Gasteiger partial charge is 0.493 e. The number of nitrogens with two attached hydrogens (primary N) is 1. The molecule has 4 N–H and O–H groups in total. The van der Waals surface area contributed by atoms with Crippen molar-refractivity contribution in [2.75, 3.05) is 62.4 Å². The van der Waals surface area contributed by atoms with E-state index in [-0.39, 0.29) is 17.6 Å². The van der Waals surface area contributed by atoms with Gasteiger partial charge in [0.05, 0.1) is 31.2 Å². The third-order valence-electron chi connectivity index (χ3n) is 6.60. The monoisotopic (exact) mass is 536 g/mol. The van der Waals surface area contributed by atoms with Gasteiger partial charge in [-0.05, 0) is 41.8 Å². The van der Waals surface area contributed by atoms with E-state index >= 15 is 0 Å². The fraction of sp³-hybridized carbons (Fsp3) is 0.370. The standard InChI is InChI=1S/C27H32N6O4S/c28-22-17-38-18-24(22)31-26(34)23-4-2-19(15-29-23)16-33(8-1-7-32-9-12-36-13-10-32)27(35)30-21-3-5-25-20(14-21)6-11-37-25/h2-5,14-15,17-18H,1,6-13,16,28H2,(H,30,35)(H,31,34). The first kappa shape index (κ1) is 26.0. The topological polar surface area (TPSA) is 122 Å². The molecule has 11 heteroatoms. The smallest absolute Gasteiger partial charge is 0.322 e. The number of anilines is 3. The minimum Gasteiger partial charge on any atom is -0.493 e. The maximum Gasteiger partial charge on any atom is 0.322 e. The number of nitrogens with one attached hydrogen (secondary N) is 2. The van der Waals surface area contributed by atoms with E-state index in [1.807, 2.05) is 24.3 Å². The summed E-state index contributed by atoms with van der Waals surface area (Å²) in [6.07, 6.45) is 3.31. The van der Waals surface area contributed by atoms with Gasteiger partial charge in [0.25, 0.3) is 5.91 Å². The Morgan fingerprint density at radius 1 is 1.11 bits per heavy atom. The molecule has 0 unspecified atom stereocenters. The molecular formula is C27H32N6O4S. The molecule has 5 rings (SSSR count). The number of benzene rings is 1. The second kappa shape index (κ2) is 12.2. The van der Waals surface area contributed by atoms with Crippen molar-refractivity contribution in [2.45, 2.75) is 19.4 Å². The first-order valence-corrected chi connectivity index (χ1v) is 13.7. The van der Waals surface area contributed by atoms with Gasteiger partial charge in [0.15, 0.2) is 0 Å². The van der Waals surface area contributed by atoms with E-state index in [1.54, 1.807) is 27.9 Å². The third-order valence-corrected chi connectivity index (χ3v) is 7.37. The number of morpholine rings is 1. The van der Waals surface area contributed by atoms with E-state index in [0.29, 0.717) is 31.1 Å². The lowest BCUT2D eigenvalue weighted by molar-refractivity contribution is 0.0365. The number of nitrogen functional groups attached to an aromatic ring is 1. The number of rotatable bonds is 9. The first-order valence-electron chi connectivity index (χ1n) is 12.7. The molecular weight excluding hydrogens is 504 g/mol. The Hall–Kier alpha value is -3.67. The Morgan fingerprint density at radius 3 is 2.74 bits per heavy atom. The predicted octanol–water partition coefficient (Wildman–Crippen LogP) is 3.67. The van der Waals surface area contributed by atoms with Crippen LogP contribution in [0.3, 0.4) is 0 Å². The van der Waals surface area contributed by atoms with Crippen molar-refractivity contribution in [3.63, 3.8) is 0 Å². The molecule has 0 radical (unpaired) electrons. The molecule has 0 spiro atoms. The lowest BCUT2D eigenvalue weighted by Crippen LogP contribution is -2.40. The van der Waals surface area contributed by atoms with Crippen LogP contribution in [0.4, 0.5) is 21.9 Å². The van der Waals surface area contributed by atoms with Crippen molar-refractivity contribution in [1.82, 2.24) is 14.8 Å². The van der Waals surface area contributed by atoms with Crippen molar-refractivity contribution in [3.8, 4) is 5.75 Å². The summed E-state index contributed by atoms with van der Waals surface area (Å²) in [6, 6.07) is 9.05. The summed E-state index contributed by atoms with van der Waals surface area (Å²) >= 11 is 1.42. The predicted molar refractivity (Wildman–Crippen MR) is 148 cm³/mol. The number of fused-ring (bicyclic) bond motifs is 1. The van der Waals surface area contributed by atoms with Gasteiger partial charge in [-0.2, -0.15) is 0 Å². The van der Waals surface area contributed by atoms with Crippen molar-refractivity contribution in [2.24, 2.45) is 0 Å². The number of ether oxygens (including phenoxy) is 2. The van der Waals surface area contributed by atoms with Crippen LogP contribution < -0.4 is 21.1 Å². The van der Waals surface area contributed by atoms with Crippen LogP contribution in [0.2, 0.25) is 0 Å². The molecule has 0 aliphatic carbocycles. The summed E-state index contributed by atoms with van der Waals surface area (Å²) in [7, 11) is 0. The minimum atomic E-state index is -0.331. The second-order valence-electron chi connectivity index (χ2n) is 9.33. The molecule has 2 aliphatic rings. The van der Waals surface area contributed by atoms with E-state index in [0.717, 1.165) is 68.3 Å². The molecule has 10 nitrogen and oxygen atoms in total. The number of amides is 3. The van der Waals surface area contributed by atoms with Crippen LogP contribution in [-0.2, 0) is 17.7 Å². The van der Waals surface area contributed by atoms with Crippen LogP contribution in [0.5, 0.6) is 5.75 Å². The van der Waals surface area contributed by atoms with Gasteiger partial charge >= 0.3 is 6.03 Å². The van der Waals surface area contributed by atoms with Gasteiger partial charge in [0.2, 0.25) is 0 Å². The number of carbonyl (C=O) groups is 2. The van der Waals surface area contributed by atoms with Crippen LogP contribution in [0.15, 0.2) is 47.3 Å². The zero-order valence-electron chi connectivity index (χ0n) is 21.2. The quantitative estimate of drug-likeness (QED) is 0.381. The summed E-state index contributed by atoms with van der Waals surface area (Å²) in [4.78, 5) is 34.4. The molecule has 2 aromatic heterocycles. The fourth-order valence-corrected chi connectivity index (χ4v) is 5.17. The molecule has 1 fully saturated rings. The van der Waals surface area contributed by atoms with E-state index < -0.39 is 0 Å². The maximum absolute atomic E-state index is 13.3. The molecule has 200 valence electrons. The summed E-state index contributed by atoms with van der Waals surface area (Å²) in [6.45, 7) is 5.83.